The first-order chi connectivity index (χ1) is 11.2. The van der Waals surface area contributed by atoms with Crippen molar-refractivity contribution in [3.05, 3.63) is 47.3 Å². The van der Waals surface area contributed by atoms with Gasteiger partial charge in [0, 0.05) is 30.8 Å². The topological polar surface area (TPSA) is 58.4 Å². The molecule has 0 bridgehead atoms. The summed E-state index contributed by atoms with van der Waals surface area (Å²) in [5, 5.41) is 7.43. The Labute approximate surface area is 136 Å². The molecule has 1 atom stereocenters. The van der Waals surface area contributed by atoms with Crippen molar-refractivity contribution >= 4 is 11.6 Å². The quantitative estimate of drug-likeness (QED) is 0.889. The molecule has 1 aliphatic rings. The maximum absolute atomic E-state index is 11.8. The van der Waals surface area contributed by atoms with E-state index in [0.717, 1.165) is 36.5 Å². The lowest BCUT2D eigenvalue weighted by Gasteiger charge is -2.18. The Balaban J connectivity index is 1.58. The molecule has 0 aliphatic carbocycles. The number of aromatic nitrogens is 1. The van der Waals surface area contributed by atoms with Crippen molar-refractivity contribution in [1.29, 1.82) is 0 Å². The molecule has 1 fully saturated rings. The van der Waals surface area contributed by atoms with Gasteiger partial charge in [-0.15, -0.1) is 0 Å². The van der Waals surface area contributed by atoms with E-state index in [9.17, 15) is 4.79 Å². The Morgan fingerprint density at radius 2 is 2.13 bits per heavy atom. The first-order valence-electron chi connectivity index (χ1n) is 8.25. The third-order valence-corrected chi connectivity index (χ3v) is 4.33. The average Bonchev–Trinajstić information content (AvgIpc) is 3.21. The summed E-state index contributed by atoms with van der Waals surface area (Å²) in [5.74, 6) is 1.08. The summed E-state index contributed by atoms with van der Waals surface area (Å²) in [4.78, 5) is 13.6. The normalized spacial score (nSPS) is 16.1. The van der Waals surface area contributed by atoms with Gasteiger partial charge in [0.25, 0.3) is 0 Å². The van der Waals surface area contributed by atoms with Crippen LogP contribution in [0.5, 0.6) is 0 Å². The van der Waals surface area contributed by atoms with Crippen LogP contribution in [-0.2, 0) is 17.8 Å². The Kier molecular flexibility index (Phi) is 4.76. The molecule has 0 spiro atoms. The Bertz CT molecular complexity index is 663. The number of nitrogens with zero attached hydrogens (tertiary/aromatic N) is 2. The second-order valence-corrected chi connectivity index (χ2v) is 5.98. The van der Waals surface area contributed by atoms with Gasteiger partial charge in [-0.3, -0.25) is 4.79 Å². The smallest absolute Gasteiger partial charge is 0.227 e. The molecular formula is C18H23N3O2. The van der Waals surface area contributed by atoms with Gasteiger partial charge in [0.1, 0.15) is 0 Å². The number of hydrogen-bond donors (Lipinski definition) is 1. The second kappa shape index (κ2) is 6.96. The fourth-order valence-corrected chi connectivity index (χ4v) is 2.84. The molecule has 2 aromatic rings. The van der Waals surface area contributed by atoms with Gasteiger partial charge in [0.05, 0.1) is 12.2 Å². The van der Waals surface area contributed by atoms with Gasteiger partial charge in [-0.05, 0) is 37.5 Å². The highest BCUT2D eigenvalue weighted by Crippen LogP contribution is 2.23. The lowest BCUT2D eigenvalue weighted by Crippen LogP contribution is -2.23. The molecular weight excluding hydrogens is 290 g/mol. The van der Waals surface area contributed by atoms with E-state index in [1.165, 1.54) is 5.56 Å². The fraction of sp³-hybridized carbons (Fsp3) is 0.444. The highest BCUT2D eigenvalue weighted by Gasteiger charge is 2.21. The maximum Gasteiger partial charge on any atom is 0.227 e. The van der Waals surface area contributed by atoms with E-state index < -0.39 is 0 Å². The number of benzene rings is 1. The molecule has 23 heavy (non-hydrogen) atoms. The third kappa shape index (κ3) is 3.62. The van der Waals surface area contributed by atoms with E-state index in [1.54, 1.807) is 0 Å². The van der Waals surface area contributed by atoms with Crippen LogP contribution >= 0.6 is 0 Å². The van der Waals surface area contributed by atoms with Crippen molar-refractivity contribution < 1.29 is 9.32 Å². The number of nitrogens with one attached hydrogen (secondary N) is 1. The van der Waals surface area contributed by atoms with E-state index in [-0.39, 0.29) is 11.9 Å². The Morgan fingerprint density at radius 3 is 2.74 bits per heavy atom. The van der Waals surface area contributed by atoms with Crippen LogP contribution in [0.2, 0.25) is 0 Å². The van der Waals surface area contributed by atoms with Crippen molar-refractivity contribution in [2.24, 2.45) is 0 Å². The number of aryl methyl sites for hydroxylation is 1. The second-order valence-electron chi connectivity index (χ2n) is 5.98. The van der Waals surface area contributed by atoms with Crippen molar-refractivity contribution in [1.82, 2.24) is 10.5 Å². The molecule has 5 nitrogen and oxygen atoms in total. The van der Waals surface area contributed by atoms with Crippen molar-refractivity contribution in [2.75, 3.05) is 11.4 Å². The minimum Gasteiger partial charge on any atom is -0.360 e. The zero-order valence-electron chi connectivity index (χ0n) is 13.7. The molecule has 0 saturated carbocycles. The van der Waals surface area contributed by atoms with Crippen molar-refractivity contribution in [3.63, 3.8) is 0 Å². The van der Waals surface area contributed by atoms with E-state index in [0.29, 0.717) is 13.0 Å². The van der Waals surface area contributed by atoms with Crippen LogP contribution in [0.15, 0.2) is 34.9 Å². The summed E-state index contributed by atoms with van der Waals surface area (Å²) in [5.41, 5.74) is 3.16. The summed E-state index contributed by atoms with van der Waals surface area (Å²) >= 11 is 0. The summed E-state index contributed by atoms with van der Waals surface area (Å²) in [6, 6.07) is 10.4. The first kappa shape index (κ1) is 15.7. The summed E-state index contributed by atoms with van der Waals surface area (Å²) < 4.78 is 5.28. The summed E-state index contributed by atoms with van der Waals surface area (Å²) in [6.07, 6.45) is 2.50. The highest BCUT2D eigenvalue weighted by atomic mass is 16.5. The van der Waals surface area contributed by atoms with Crippen LogP contribution in [0.3, 0.4) is 0 Å². The van der Waals surface area contributed by atoms with Crippen LogP contribution in [0.4, 0.5) is 5.69 Å². The standard InChI is InChI=1S/C18H23N3O2/c1-3-15-11-17(23-20-15)12-19-13(2)14-6-8-16(9-7-14)21-10-4-5-18(21)22/h6-9,11,13,19H,3-5,10,12H2,1-2H3/t13-/m0/s1. The SMILES string of the molecule is CCc1cc(CN[C@@H](C)c2ccc(N3CCCC3=O)cc2)on1. The number of hydrogen-bond acceptors (Lipinski definition) is 4. The molecule has 1 aliphatic heterocycles. The molecule has 2 heterocycles. The number of rotatable bonds is 6. The van der Waals surface area contributed by atoms with Crippen LogP contribution < -0.4 is 10.2 Å². The fourth-order valence-electron chi connectivity index (χ4n) is 2.84. The van der Waals surface area contributed by atoms with Gasteiger partial charge >= 0.3 is 0 Å². The number of amides is 1. The van der Waals surface area contributed by atoms with Gasteiger partial charge in [0.2, 0.25) is 5.91 Å². The van der Waals surface area contributed by atoms with Crippen molar-refractivity contribution in [3.8, 4) is 0 Å². The molecule has 1 saturated heterocycles. The Hall–Kier alpha value is -2.14. The van der Waals surface area contributed by atoms with E-state index in [1.807, 2.05) is 23.1 Å². The molecule has 0 unspecified atom stereocenters. The number of carbonyl (C=O) groups is 1. The Morgan fingerprint density at radius 1 is 1.35 bits per heavy atom. The minimum absolute atomic E-state index is 0.202. The lowest BCUT2D eigenvalue weighted by atomic mass is 10.1. The number of carbonyl (C=O) groups excluding carboxylic acids is 1. The van der Waals surface area contributed by atoms with Crippen molar-refractivity contribution in [2.45, 2.75) is 45.7 Å². The lowest BCUT2D eigenvalue weighted by molar-refractivity contribution is -0.117. The summed E-state index contributed by atoms with van der Waals surface area (Å²) in [7, 11) is 0. The van der Waals surface area contributed by atoms with Crippen LogP contribution in [-0.4, -0.2) is 17.6 Å². The van der Waals surface area contributed by atoms with Gasteiger partial charge in [0.15, 0.2) is 5.76 Å². The maximum atomic E-state index is 11.8. The molecule has 122 valence electrons. The van der Waals surface area contributed by atoms with Gasteiger partial charge < -0.3 is 14.7 Å². The monoisotopic (exact) mass is 313 g/mol. The van der Waals surface area contributed by atoms with Crippen LogP contribution in [0.1, 0.15) is 49.7 Å². The van der Waals surface area contributed by atoms with E-state index >= 15 is 0 Å². The molecule has 0 radical (unpaired) electrons. The third-order valence-electron chi connectivity index (χ3n) is 4.33. The molecule has 1 N–H and O–H groups in total. The largest absolute Gasteiger partial charge is 0.360 e. The van der Waals surface area contributed by atoms with Gasteiger partial charge in [-0.2, -0.15) is 0 Å². The predicted octanol–water partition coefficient (Wildman–Crippen LogP) is 3.21. The first-order valence-corrected chi connectivity index (χ1v) is 8.25. The van der Waals surface area contributed by atoms with E-state index in [2.05, 4.69) is 36.5 Å². The minimum atomic E-state index is 0.202. The van der Waals surface area contributed by atoms with Crippen LogP contribution in [0.25, 0.3) is 0 Å². The average molecular weight is 313 g/mol. The molecule has 3 rings (SSSR count). The molecule has 1 aromatic carbocycles. The summed E-state index contributed by atoms with van der Waals surface area (Å²) in [6.45, 7) is 5.66. The zero-order valence-corrected chi connectivity index (χ0v) is 13.7. The van der Waals surface area contributed by atoms with E-state index in [4.69, 9.17) is 4.52 Å². The van der Waals surface area contributed by atoms with Gasteiger partial charge in [-0.1, -0.05) is 24.2 Å². The zero-order chi connectivity index (χ0) is 16.2. The predicted molar refractivity (Wildman–Crippen MR) is 89.2 cm³/mol. The number of anilines is 1. The van der Waals surface area contributed by atoms with Crippen LogP contribution in [0, 0.1) is 0 Å². The molecule has 5 heteroatoms. The van der Waals surface area contributed by atoms with Gasteiger partial charge in [-0.25, -0.2) is 0 Å². The molecule has 1 amide bonds. The highest BCUT2D eigenvalue weighted by molar-refractivity contribution is 5.95. The molecule has 1 aromatic heterocycles.